The van der Waals surface area contributed by atoms with Gasteiger partial charge in [0.25, 0.3) is 0 Å². The van der Waals surface area contributed by atoms with Gasteiger partial charge in [0.1, 0.15) is 5.75 Å². The molecule has 0 aliphatic carbocycles. The molecular weight excluding hydrogens is 278 g/mol. The van der Waals surface area contributed by atoms with Crippen LogP contribution in [0.1, 0.15) is 32.7 Å². The normalized spacial score (nSPS) is 20.4. The number of aromatic nitrogens is 2. The lowest BCUT2D eigenvalue weighted by Gasteiger charge is -2.33. The smallest absolute Gasteiger partial charge is 0.237 e. The van der Waals surface area contributed by atoms with Crippen LogP contribution in [0.5, 0.6) is 0 Å². The van der Waals surface area contributed by atoms with E-state index in [0.29, 0.717) is 13.1 Å². The molecule has 1 fully saturated rings. The van der Waals surface area contributed by atoms with Gasteiger partial charge in [-0.1, -0.05) is 0 Å². The van der Waals surface area contributed by atoms with Crippen LogP contribution >= 0.6 is 0 Å². The van der Waals surface area contributed by atoms with Crippen molar-refractivity contribution in [1.29, 1.82) is 0 Å². The molecule has 1 atom stereocenters. The van der Waals surface area contributed by atoms with E-state index in [4.69, 9.17) is 0 Å². The summed E-state index contributed by atoms with van der Waals surface area (Å²) in [6.45, 7) is 4.40. The van der Waals surface area contributed by atoms with Gasteiger partial charge >= 0.3 is 0 Å². The van der Waals surface area contributed by atoms with Gasteiger partial charge in [-0.2, -0.15) is 0 Å². The maximum absolute atomic E-state index is 12.2. The van der Waals surface area contributed by atoms with Crippen molar-refractivity contribution in [2.75, 3.05) is 18.8 Å². The lowest BCUT2D eigenvalue weighted by molar-refractivity contribution is -0.130. The molecule has 1 amide bonds. The molecule has 0 spiro atoms. The van der Waals surface area contributed by atoms with E-state index >= 15 is 0 Å². The van der Waals surface area contributed by atoms with E-state index < -0.39 is 15.1 Å². The molecule has 2 heterocycles. The predicted molar refractivity (Wildman–Crippen MR) is 76.0 cm³/mol. The molecule has 112 valence electrons. The maximum atomic E-state index is 12.2. The Morgan fingerprint density at radius 3 is 2.80 bits per heavy atom. The predicted octanol–water partition coefficient (Wildman–Crippen LogP) is 0.870. The number of carbonyl (C=O) groups excluding carboxylic acids is 1. The Kier molecular flexibility index (Phi) is 4.47. The van der Waals surface area contributed by atoms with Crippen molar-refractivity contribution in [1.82, 2.24) is 14.5 Å². The van der Waals surface area contributed by atoms with Crippen molar-refractivity contribution in [3.05, 3.63) is 18.7 Å². The molecule has 0 radical (unpaired) electrons. The van der Waals surface area contributed by atoms with Gasteiger partial charge in [0.15, 0.2) is 9.84 Å². The van der Waals surface area contributed by atoms with Gasteiger partial charge in [-0.25, -0.2) is 13.4 Å². The van der Waals surface area contributed by atoms with Gasteiger partial charge in [0.05, 0.1) is 17.6 Å². The molecule has 20 heavy (non-hydrogen) atoms. The number of imidazole rings is 1. The first-order valence-electron chi connectivity index (χ1n) is 6.87. The number of amides is 1. The first-order chi connectivity index (χ1) is 9.40. The van der Waals surface area contributed by atoms with Gasteiger partial charge in [-0.3, -0.25) is 4.79 Å². The number of sulfone groups is 1. The number of hydrogen-bond donors (Lipinski definition) is 0. The monoisotopic (exact) mass is 299 g/mol. The second-order valence-corrected chi connectivity index (χ2v) is 8.06. The molecule has 1 aliphatic heterocycles. The number of nitrogens with zero attached hydrogens (tertiary/aromatic N) is 3. The maximum Gasteiger partial charge on any atom is 0.237 e. The summed E-state index contributed by atoms with van der Waals surface area (Å²) in [6, 6.07) is 0.192. The largest absolute Gasteiger partial charge is 0.340 e. The topological polar surface area (TPSA) is 72.3 Å². The molecule has 0 N–H and O–H groups in total. The summed E-state index contributed by atoms with van der Waals surface area (Å²) >= 11 is 0. The Balaban J connectivity index is 2.00. The van der Waals surface area contributed by atoms with Crippen molar-refractivity contribution >= 4 is 15.7 Å². The van der Waals surface area contributed by atoms with Gasteiger partial charge in [-0.15, -0.1) is 0 Å². The van der Waals surface area contributed by atoms with Crippen LogP contribution in [0.25, 0.3) is 0 Å². The number of carbonyl (C=O) groups is 1. The fourth-order valence-electron chi connectivity index (χ4n) is 2.34. The fourth-order valence-corrected chi connectivity index (χ4v) is 3.20. The molecule has 1 aromatic heterocycles. The van der Waals surface area contributed by atoms with Crippen LogP contribution < -0.4 is 0 Å². The van der Waals surface area contributed by atoms with E-state index in [2.05, 4.69) is 4.98 Å². The first kappa shape index (κ1) is 15.0. The summed E-state index contributed by atoms with van der Waals surface area (Å²) in [4.78, 5) is 17.8. The fraction of sp³-hybridized carbons (Fsp3) is 0.692. The summed E-state index contributed by atoms with van der Waals surface area (Å²) in [6.07, 6.45) is 7.20. The highest BCUT2D eigenvalue weighted by Gasteiger charge is 2.28. The zero-order valence-corrected chi connectivity index (χ0v) is 12.7. The third-order valence-electron chi connectivity index (χ3n) is 3.74. The summed E-state index contributed by atoms with van der Waals surface area (Å²) in [5.74, 6) is -0.676. The molecule has 1 aliphatic rings. The molecule has 1 aromatic rings. The summed E-state index contributed by atoms with van der Waals surface area (Å²) in [5, 5.41) is -0.513. The summed E-state index contributed by atoms with van der Waals surface area (Å²) < 4.78 is 25.6. The quantitative estimate of drug-likeness (QED) is 0.827. The Morgan fingerprint density at radius 2 is 2.20 bits per heavy atom. The zero-order chi connectivity index (χ0) is 14.8. The minimum atomic E-state index is -3.33. The highest BCUT2D eigenvalue weighted by atomic mass is 32.2. The molecule has 0 aromatic carbocycles. The van der Waals surface area contributed by atoms with Gasteiger partial charge < -0.3 is 9.47 Å². The Morgan fingerprint density at radius 1 is 1.45 bits per heavy atom. The first-order valence-corrected chi connectivity index (χ1v) is 8.58. The SMILES string of the molecule is CC(C)S(=O)(=O)CC(=O)N1CCC[C@@H](n2ccnc2)C1. The van der Waals surface area contributed by atoms with Crippen molar-refractivity contribution in [3.8, 4) is 0 Å². The second-order valence-electron chi connectivity index (χ2n) is 5.50. The lowest BCUT2D eigenvalue weighted by atomic mass is 10.1. The van der Waals surface area contributed by atoms with Crippen LogP contribution in [-0.2, 0) is 14.6 Å². The van der Waals surface area contributed by atoms with Crippen LogP contribution in [-0.4, -0.2) is 52.9 Å². The van der Waals surface area contributed by atoms with Crippen molar-refractivity contribution in [2.24, 2.45) is 0 Å². The second kappa shape index (κ2) is 5.95. The van der Waals surface area contributed by atoms with E-state index in [9.17, 15) is 13.2 Å². The highest BCUT2D eigenvalue weighted by Crippen LogP contribution is 2.21. The molecule has 2 rings (SSSR count). The van der Waals surface area contributed by atoms with Crippen molar-refractivity contribution in [3.63, 3.8) is 0 Å². The lowest BCUT2D eigenvalue weighted by Crippen LogP contribution is -2.43. The Hall–Kier alpha value is -1.37. The molecule has 1 saturated heterocycles. The number of hydrogen-bond acceptors (Lipinski definition) is 4. The Labute approximate surface area is 119 Å². The molecule has 6 nitrogen and oxygen atoms in total. The van der Waals surface area contributed by atoms with E-state index in [-0.39, 0.29) is 17.7 Å². The molecule has 0 saturated carbocycles. The zero-order valence-electron chi connectivity index (χ0n) is 11.9. The van der Waals surface area contributed by atoms with Crippen LogP contribution in [0, 0.1) is 0 Å². The van der Waals surface area contributed by atoms with Crippen molar-refractivity contribution < 1.29 is 13.2 Å². The van der Waals surface area contributed by atoms with E-state index in [1.807, 2.05) is 10.8 Å². The number of rotatable bonds is 4. The van der Waals surface area contributed by atoms with Crippen LogP contribution in [0.15, 0.2) is 18.7 Å². The minimum absolute atomic E-state index is 0.192. The third-order valence-corrected chi connectivity index (χ3v) is 5.82. The van der Waals surface area contributed by atoms with Gasteiger partial charge in [-0.05, 0) is 26.7 Å². The summed E-state index contributed by atoms with van der Waals surface area (Å²) in [5.41, 5.74) is 0. The van der Waals surface area contributed by atoms with Crippen LogP contribution in [0.3, 0.4) is 0 Å². The number of likely N-dealkylation sites (tertiary alicyclic amines) is 1. The standard InChI is InChI=1S/C13H21N3O3S/c1-11(2)20(18,19)9-13(17)15-6-3-4-12(8-15)16-7-5-14-10-16/h5,7,10-12H,3-4,6,8-9H2,1-2H3/t12-/m1/s1. The highest BCUT2D eigenvalue weighted by molar-refractivity contribution is 7.92. The van der Waals surface area contributed by atoms with E-state index in [1.165, 1.54) is 0 Å². The summed E-state index contributed by atoms with van der Waals surface area (Å²) in [7, 11) is -3.33. The Bertz CT molecular complexity index is 551. The molecule has 0 unspecified atom stereocenters. The molecule has 7 heteroatoms. The van der Waals surface area contributed by atoms with Gasteiger partial charge in [0.2, 0.25) is 5.91 Å². The van der Waals surface area contributed by atoms with Crippen molar-refractivity contribution in [2.45, 2.75) is 38.0 Å². The molecular formula is C13H21N3O3S. The van der Waals surface area contributed by atoms with Crippen LogP contribution in [0.2, 0.25) is 0 Å². The molecule has 0 bridgehead atoms. The minimum Gasteiger partial charge on any atom is -0.340 e. The average Bonchev–Trinajstić information content (AvgIpc) is 2.92. The van der Waals surface area contributed by atoms with Gasteiger partial charge in [0, 0.05) is 25.5 Å². The number of piperidine rings is 1. The average molecular weight is 299 g/mol. The van der Waals surface area contributed by atoms with E-state index in [1.54, 1.807) is 31.3 Å². The van der Waals surface area contributed by atoms with Crippen LogP contribution in [0.4, 0.5) is 0 Å². The third kappa shape index (κ3) is 3.39. The van der Waals surface area contributed by atoms with E-state index in [0.717, 1.165) is 12.8 Å².